The van der Waals surface area contributed by atoms with Crippen LogP contribution < -0.4 is 5.32 Å². The van der Waals surface area contributed by atoms with Crippen molar-refractivity contribution in [3.8, 4) is 0 Å². The molecule has 0 fully saturated rings. The lowest BCUT2D eigenvalue weighted by Gasteiger charge is -2.34. The summed E-state index contributed by atoms with van der Waals surface area (Å²) in [6, 6.07) is 7.58. The number of benzene rings is 1. The van der Waals surface area contributed by atoms with Gasteiger partial charge in [0, 0.05) is 29.4 Å². The Bertz CT molecular complexity index is 579. The topological polar surface area (TPSA) is 35.6 Å². The number of nitrogens with one attached hydrogen (secondary N) is 1. The highest BCUT2D eigenvalue weighted by Crippen LogP contribution is 2.36. The molecular formula is C13H12ClN3O. The average Bonchev–Trinajstić information content (AvgIpc) is 2.79. The maximum atomic E-state index is 11.5. The van der Waals surface area contributed by atoms with E-state index in [1.54, 1.807) is 18.3 Å². The Morgan fingerprint density at radius 3 is 2.89 bits per heavy atom. The molecule has 2 aliphatic heterocycles. The van der Waals surface area contributed by atoms with Gasteiger partial charge in [0.05, 0.1) is 12.2 Å². The van der Waals surface area contributed by atoms with E-state index >= 15 is 0 Å². The van der Waals surface area contributed by atoms with Gasteiger partial charge >= 0.3 is 6.03 Å². The third-order valence-electron chi connectivity index (χ3n) is 3.17. The number of hydrogen-bond acceptors (Lipinski definition) is 2. The van der Waals surface area contributed by atoms with Crippen LogP contribution in [-0.4, -0.2) is 29.6 Å². The molecule has 0 aromatic heterocycles. The van der Waals surface area contributed by atoms with Crippen molar-refractivity contribution < 1.29 is 4.79 Å². The van der Waals surface area contributed by atoms with Crippen molar-refractivity contribution in [2.45, 2.75) is 0 Å². The van der Waals surface area contributed by atoms with Crippen molar-refractivity contribution in [2.24, 2.45) is 0 Å². The van der Waals surface area contributed by atoms with Crippen molar-refractivity contribution in [1.29, 1.82) is 0 Å². The molecule has 92 valence electrons. The summed E-state index contributed by atoms with van der Waals surface area (Å²) in [7, 11) is 1.74. The minimum Gasteiger partial charge on any atom is -0.311 e. The molecule has 0 unspecified atom stereocenters. The molecule has 3 rings (SSSR count). The van der Waals surface area contributed by atoms with E-state index in [0.29, 0.717) is 11.6 Å². The van der Waals surface area contributed by atoms with Crippen LogP contribution in [0.25, 0.3) is 5.57 Å². The van der Waals surface area contributed by atoms with Crippen molar-refractivity contribution in [1.82, 2.24) is 15.3 Å². The number of halogens is 1. The molecule has 1 aromatic carbocycles. The number of carbonyl (C=O) groups is 1. The van der Waals surface area contributed by atoms with E-state index < -0.39 is 0 Å². The molecule has 0 saturated heterocycles. The molecule has 2 aliphatic rings. The molecule has 0 bridgehead atoms. The van der Waals surface area contributed by atoms with Gasteiger partial charge in [-0.3, -0.25) is 5.01 Å². The minimum atomic E-state index is -0.132. The Hall–Kier alpha value is -1.94. The lowest BCUT2D eigenvalue weighted by molar-refractivity contribution is 0.0845. The van der Waals surface area contributed by atoms with Gasteiger partial charge in [-0.25, -0.2) is 9.80 Å². The van der Waals surface area contributed by atoms with E-state index in [0.717, 1.165) is 16.8 Å². The average molecular weight is 262 g/mol. The molecule has 18 heavy (non-hydrogen) atoms. The number of nitrogens with zero attached hydrogens (tertiary/aromatic N) is 2. The van der Waals surface area contributed by atoms with Crippen LogP contribution in [0.3, 0.4) is 0 Å². The zero-order valence-electron chi connectivity index (χ0n) is 9.85. The van der Waals surface area contributed by atoms with Crippen LogP contribution in [-0.2, 0) is 0 Å². The van der Waals surface area contributed by atoms with Crippen LogP contribution in [0, 0.1) is 0 Å². The van der Waals surface area contributed by atoms with Crippen LogP contribution in [0.15, 0.2) is 42.2 Å². The number of urea groups is 1. The normalized spacial score (nSPS) is 18.2. The van der Waals surface area contributed by atoms with E-state index in [1.807, 2.05) is 29.3 Å². The van der Waals surface area contributed by atoms with Gasteiger partial charge < -0.3 is 5.32 Å². The fraction of sp³-hybridized carbons (Fsp3) is 0.154. The molecule has 0 spiro atoms. The quantitative estimate of drug-likeness (QED) is 0.843. The first-order valence-electron chi connectivity index (χ1n) is 5.66. The fourth-order valence-corrected chi connectivity index (χ4v) is 2.45. The molecule has 5 heteroatoms. The maximum absolute atomic E-state index is 11.5. The monoisotopic (exact) mass is 261 g/mol. The summed E-state index contributed by atoms with van der Waals surface area (Å²) in [5.74, 6) is 0. The van der Waals surface area contributed by atoms with Gasteiger partial charge in [0.2, 0.25) is 0 Å². The lowest BCUT2D eigenvalue weighted by Crippen LogP contribution is -2.49. The van der Waals surface area contributed by atoms with E-state index in [4.69, 9.17) is 11.6 Å². The summed E-state index contributed by atoms with van der Waals surface area (Å²) in [6.45, 7) is 0.677. The van der Waals surface area contributed by atoms with E-state index in [9.17, 15) is 4.79 Å². The lowest BCUT2D eigenvalue weighted by atomic mass is 10.0. The van der Waals surface area contributed by atoms with E-state index in [-0.39, 0.29) is 6.03 Å². The van der Waals surface area contributed by atoms with Crippen LogP contribution in [0.4, 0.5) is 4.79 Å². The van der Waals surface area contributed by atoms with Crippen molar-refractivity contribution in [3.05, 3.63) is 52.8 Å². The highest BCUT2D eigenvalue weighted by molar-refractivity contribution is 6.32. The van der Waals surface area contributed by atoms with Crippen LogP contribution >= 0.6 is 11.6 Å². The SMILES string of the molecule is CN1C(=O)NC=C2C(c3ccccc3Cl)=CCN21. The number of hydrogen-bond donors (Lipinski definition) is 1. The largest absolute Gasteiger partial charge is 0.339 e. The van der Waals surface area contributed by atoms with Crippen molar-refractivity contribution in [2.75, 3.05) is 13.6 Å². The van der Waals surface area contributed by atoms with Gasteiger partial charge in [-0.1, -0.05) is 35.9 Å². The van der Waals surface area contributed by atoms with Crippen LogP contribution in [0.5, 0.6) is 0 Å². The third-order valence-corrected chi connectivity index (χ3v) is 3.50. The summed E-state index contributed by atoms with van der Waals surface area (Å²) in [6.07, 6.45) is 3.80. The molecule has 0 saturated carbocycles. The minimum absolute atomic E-state index is 0.132. The highest BCUT2D eigenvalue weighted by Gasteiger charge is 2.30. The summed E-state index contributed by atoms with van der Waals surface area (Å²) < 4.78 is 0. The Labute approximate surface area is 110 Å². The molecule has 2 heterocycles. The second kappa shape index (κ2) is 4.07. The number of hydrazine groups is 1. The van der Waals surface area contributed by atoms with Gasteiger partial charge in [0.15, 0.2) is 0 Å². The number of amides is 2. The summed E-state index contributed by atoms with van der Waals surface area (Å²) in [5.41, 5.74) is 3.00. The Balaban J connectivity index is 2.02. The van der Waals surface area contributed by atoms with E-state index in [1.165, 1.54) is 0 Å². The molecule has 1 aromatic rings. The molecule has 2 amide bonds. The molecular weight excluding hydrogens is 250 g/mol. The summed E-state index contributed by atoms with van der Waals surface area (Å²) in [5, 5.41) is 6.92. The zero-order chi connectivity index (χ0) is 12.7. The van der Waals surface area contributed by atoms with Gasteiger partial charge in [-0.15, -0.1) is 0 Å². The Kier molecular flexibility index (Phi) is 2.52. The number of fused-ring (bicyclic) bond motifs is 1. The van der Waals surface area contributed by atoms with Gasteiger partial charge in [0.1, 0.15) is 0 Å². The van der Waals surface area contributed by atoms with Gasteiger partial charge in [-0.2, -0.15) is 0 Å². The maximum Gasteiger partial charge on any atom is 0.339 e. The second-order valence-corrected chi connectivity index (χ2v) is 4.59. The summed E-state index contributed by atoms with van der Waals surface area (Å²) in [4.78, 5) is 11.5. The standard InChI is InChI=1S/C13H12ClN3O/c1-16-13(18)15-8-12-10(6-7-17(12)16)9-4-2-3-5-11(9)14/h2-6,8H,7H2,1H3,(H,15,18). The first kappa shape index (κ1) is 11.2. The summed E-state index contributed by atoms with van der Waals surface area (Å²) >= 11 is 6.21. The molecule has 0 aliphatic carbocycles. The van der Waals surface area contributed by atoms with Crippen LogP contribution in [0.1, 0.15) is 5.56 Å². The van der Waals surface area contributed by atoms with Crippen LogP contribution in [0.2, 0.25) is 5.02 Å². The first-order chi connectivity index (χ1) is 8.68. The Morgan fingerprint density at radius 1 is 1.33 bits per heavy atom. The number of allylic oxidation sites excluding steroid dienone is 1. The molecule has 1 N–H and O–H groups in total. The Morgan fingerprint density at radius 2 is 2.11 bits per heavy atom. The zero-order valence-corrected chi connectivity index (χ0v) is 10.6. The number of carbonyl (C=O) groups excluding carboxylic acids is 1. The fourth-order valence-electron chi connectivity index (χ4n) is 2.22. The molecule has 4 nitrogen and oxygen atoms in total. The molecule has 0 atom stereocenters. The smallest absolute Gasteiger partial charge is 0.311 e. The third kappa shape index (κ3) is 1.57. The van der Waals surface area contributed by atoms with Gasteiger partial charge in [0.25, 0.3) is 0 Å². The predicted octanol–water partition coefficient (Wildman–Crippen LogP) is 2.45. The van der Waals surface area contributed by atoms with Gasteiger partial charge in [-0.05, 0) is 6.07 Å². The van der Waals surface area contributed by atoms with Crippen molar-refractivity contribution in [3.63, 3.8) is 0 Å². The predicted molar refractivity (Wildman–Crippen MR) is 70.5 cm³/mol. The highest BCUT2D eigenvalue weighted by atomic mass is 35.5. The van der Waals surface area contributed by atoms with E-state index in [2.05, 4.69) is 11.4 Å². The number of rotatable bonds is 1. The molecule has 0 radical (unpaired) electrons. The second-order valence-electron chi connectivity index (χ2n) is 4.18. The van der Waals surface area contributed by atoms with Crippen molar-refractivity contribution >= 4 is 23.2 Å². The first-order valence-corrected chi connectivity index (χ1v) is 6.03.